The van der Waals surface area contributed by atoms with Gasteiger partial charge in [0.2, 0.25) is 0 Å². The molecule has 0 bridgehead atoms. The molecule has 0 radical (unpaired) electrons. The molecule has 0 aliphatic heterocycles. The third-order valence-electron chi connectivity index (χ3n) is 5.69. The maximum atomic E-state index is 13.2. The molecule has 32 heavy (non-hydrogen) atoms. The molecule has 158 valence electrons. The second kappa shape index (κ2) is 8.69. The minimum absolute atomic E-state index is 0.0191. The summed E-state index contributed by atoms with van der Waals surface area (Å²) in [4.78, 5) is 11.0. The highest BCUT2D eigenvalue weighted by molar-refractivity contribution is 5.88. The number of fused-ring (bicyclic) bond motifs is 1. The second-order valence-electron chi connectivity index (χ2n) is 8.53. The average Bonchev–Trinajstić information content (AvgIpc) is 2.78. The van der Waals surface area contributed by atoms with Crippen molar-refractivity contribution in [3.8, 4) is 11.8 Å². The molecule has 0 aromatic heterocycles. The summed E-state index contributed by atoms with van der Waals surface area (Å²) in [5, 5.41) is 9.04. The van der Waals surface area contributed by atoms with Gasteiger partial charge in [0.25, 0.3) is 0 Å². The smallest absolute Gasteiger partial charge is 0.335 e. The van der Waals surface area contributed by atoms with E-state index in [9.17, 15) is 9.18 Å². The van der Waals surface area contributed by atoms with Crippen molar-refractivity contribution >= 4 is 23.7 Å². The Bertz CT molecular complexity index is 1280. The van der Waals surface area contributed by atoms with Gasteiger partial charge in [-0.15, -0.1) is 0 Å². The van der Waals surface area contributed by atoms with E-state index in [1.807, 2.05) is 12.2 Å². The Labute approximate surface area is 187 Å². The first-order valence-corrected chi connectivity index (χ1v) is 10.5. The molecule has 0 saturated carbocycles. The van der Waals surface area contributed by atoms with Gasteiger partial charge in [-0.2, -0.15) is 0 Å². The number of aromatic carboxylic acids is 1. The Balaban J connectivity index is 1.65. The van der Waals surface area contributed by atoms with Gasteiger partial charge in [0.1, 0.15) is 5.82 Å². The van der Waals surface area contributed by atoms with E-state index >= 15 is 0 Å². The molecule has 0 unspecified atom stereocenters. The van der Waals surface area contributed by atoms with Crippen LogP contribution in [0, 0.1) is 17.7 Å². The van der Waals surface area contributed by atoms with Gasteiger partial charge >= 0.3 is 5.97 Å². The molecular formula is C29H23FO2. The Morgan fingerprint density at radius 3 is 2.28 bits per heavy atom. The van der Waals surface area contributed by atoms with Crippen LogP contribution >= 0.6 is 0 Å². The molecular weight excluding hydrogens is 399 g/mol. The average molecular weight is 422 g/mol. The molecule has 3 aromatic carbocycles. The topological polar surface area (TPSA) is 37.3 Å². The van der Waals surface area contributed by atoms with Gasteiger partial charge in [0, 0.05) is 11.1 Å². The number of hydrogen-bond acceptors (Lipinski definition) is 1. The minimum Gasteiger partial charge on any atom is -0.478 e. The summed E-state index contributed by atoms with van der Waals surface area (Å²) in [6.45, 7) is 4.46. The fraction of sp³-hybridized carbons (Fsp3) is 0.138. The van der Waals surface area contributed by atoms with Gasteiger partial charge in [0.15, 0.2) is 0 Å². The van der Waals surface area contributed by atoms with E-state index in [4.69, 9.17) is 5.11 Å². The fourth-order valence-corrected chi connectivity index (χ4v) is 3.78. The van der Waals surface area contributed by atoms with E-state index < -0.39 is 5.97 Å². The lowest BCUT2D eigenvalue weighted by atomic mass is 9.73. The Hall–Kier alpha value is -3.90. The van der Waals surface area contributed by atoms with Crippen LogP contribution in [-0.4, -0.2) is 11.1 Å². The number of allylic oxidation sites excluding steroid dienone is 2. The zero-order chi connectivity index (χ0) is 22.7. The molecule has 0 atom stereocenters. The SMILES string of the molecule is CC1(C)CC=C(C#Cc2ccc(F)cc2)c2cc(/C=C/c3ccc(C(=O)O)cc3)ccc21. The predicted octanol–water partition coefficient (Wildman–Crippen LogP) is 6.81. The highest BCUT2D eigenvalue weighted by Crippen LogP contribution is 2.39. The maximum Gasteiger partial charge on any atom is 0.335 e. The standard InChI is InChI=1S/C29H23FO2/c1-29(2)18-17-23(11-5-21-8-14-25(30)15-9-21)26-19-22(10-16-27(26)29)4-3-20-6-12-24(13-7-20)28(31)32/h3-4,6-10,12-17,19H,18H2,1-2H3,(H,31,32)/b4-3+. The lowest BCUT2D eigenvalue weighted by Gasteiger charge is -2.31. The van der Waals surface area contributed by atoms with Crippen molar-refractivity contribution in [1.29, 1.82) is 0 Å². The van der Waals surface area contributed by atoms with Gasteiger partial charge in [-0.1, -0.05) is 68.2 Å². The van der Waals surface area contributed by atoms with Crippen molar-refractivity contribution in [3.05, 3.63) is 112 Å². The summed E-state index contributed by atoms with van der Waals surface area (Å²) < 4.78 is 13.2. The van der Waals surface area contributed by atoms with E-state index in [0.29, 0.717) is 0 Å². The molecule has 3 aromatic rings. The van der Waals surface area contributed by atoms with Crippen LogP contribution in [0.1, 0.15) is 58.4 Å². The van der Waals surface area contributed by atoms with Crippen LogP contribution in [0.15, 0.2) is 72.8 Å². The number of rotatable bonds is 3. The lowest BCUT2D eigenvalue weighted by Crippen LogP contribution is -2.21. The summed E-state index contributed by atoms with van der Waals surface area (Å²) in [6.07, 6.45) is 7.06. The lowest BCUT2D eigenvalue weighted by molar-refractivity contribution is 0.0697. The van der Waals surface area contributed by atoms with Crippen LogP contribution in [0.2, 0.25) is 0 Å². The normalized spacial score (nSPS) is 14.3. The summed E-state index contributed by atoms with van der Waals surface area (Å²) in [6, 6.07) is 19.4. The summed E-state index contributed by atoms with van der Waals surface area (Å²) in [7, 11) is 0. The van der Waals surface area contributed by atoms with Gasteiger partial charge in [-0.05, 0) is 76.6 Å². The van der Waals surface area contributed by atoms with Gasteiger partial charge in [-0.25, -0.2) is 9.18 Å². The summed E-state index contributed by atoms with van der Waals surface area (Å²) in [5.74, 6) is 5.23. The van der Waals surface area contributed by atoms with E-state index in [-0.39, 0.29) is 16.8 Å². The van der Waals surface area contributed by atoms with E-state index in [1.54, 1.807) is 36.4 Å². The zero-order valence-corrected chi connectivity index (χ0v) is 18.0. The van der Waals surface area contributed by atoms with Gasteiger partial charge in [0.05, 0.1) is 5.56 Å². The summed E-state index contributed by atoms with van der Waals surface area (Å²) >= 11 is 0. The van der Waals surface area contributed by atoms with Crippen LogP contribution in [0.5, 0.6) is 0 Å². The number of carboxylic acid groups (broad SMARTS) is 1. The number of benzene rings is 3. The molecule has 1 aliphatic carbocycles. The van der Waals surface area contributed by atoms with Crippen molar-refractivity contribution in [3.63, 3.8) is 0 Å². The first-order chi connectivity index (χ1) is 15.3. The molecule has 4 rings (SSSR count). The van der Waals surface area contributed by atoms with E-state index in [2.05, 4.69) is 50.0 Å². The first-order valence-electron chi connectivity index (χ1n) is 10.5. The minimum atomic E-state index is -0.932. The van der Waals surface area contributed by atoms with Crippen molar-refractivity contribution in [2.24, 2.45) is 0 Å². The quantitative estimate of drug-likeness (QED) is 0.372. The largest absolute Gasteiger partial charge is 0.478 e. The van der Waals surface area contributed by atoms with Crippen LogP contribution < -0.4 is 0 Å². The van der Waals surface area contributed by atoms with Crippen molar-refractivity contribution in [1.82, 2.24) is 0 Å². The third-order valence-corrected chi connectivity index (χ3v) is 5.69. The number of hydrogen-bond donors (Lipinski definition) is 1. The molecule has 2 nitrogen and oxygen atoms in total. The highest BCUT2D eigenvalue weighted by Gasteiger charge is 2.27. The molecule has 0 amide bonds. The number of carboxylic acids is 1. The monoisotopic (exact) mass is 422 g/mol. The molecule has 3 heteroatoms. The van der Waals surface area contributed by atoms with Crippen molar-refractivity contribution < 1.29 is 14.3 Å². The van der Waals surface area contributed by atoms with Crippen molar-refractivity contribution in [2.45, 2.75) is 25.7 Å². The van der Waals surface area contributed by atoms with Gasteiger partial charge in [-0.3, -0.25) is 0 Å². The summed E-state index contributed by atoms with van der Waals surface area (Å²) in [5.41, 5.74) is 6.38. The second-order valence-corrected chi connectivity index (χ2v) is 8.53. The maximum absolute atomic E-state index is 13.2. The zero-order valence-electron chi connectivity index (χ0n) is 18.0. The highest BCUT2D eigenvalue weighted by atomic mass is 19.1. The van der Waals surface area contributed by atoms with Crippen LogP contribution in [0.3, 0.4) is 0 Å². The van der Waals surface area contributed by atoms with E-state index in [0.717, 1.165) is 34.2 Å². The van der Waals surface area contributed by atoms with Crippen LogP contribution in [-0.2, 0) is 5.41 Å². The third kappa shape index (κ3) is 4.71. The van der Waals surface area contributed by atoms with E-state index in [1.165, 1.54) is 17.7 Å². The number of halogens is 1. The fourth-order valence-electron chi connectivity index (χ4n) is 3.78. The van der Waals surface area contributed by atoms with Crippen LogP contribution in [0.4, 0.5) is 4.39 Å². The Morgan fingerprint density at radius 2 is 1.59 bits per heavy atom. The Kier molecular flexibility index (Phi) is 5.79. The molecule has 0 saturated heterocycles. The molecule has 1 N–H and O–H groups in total. The molecule has 0 spiro atoms. The predicted molar refractivity (Wildman–Crippen MR) is 128 cm³/mol. The molecule has 0 fully saturated rings. The molecule has 1 aliphatic rings. The Morgan fingerprint density at radius 1 is 0.938 bits per heavy atom. The van der Waals surface area contributed by atoms with Crippen LogP contribution in [0.25, 0.3) is 17.7 Å². The number of carbonyl (C=O) groups is 1. The first kappa shape index (κ1) is 21.3. The molecule has 0 heterocycles. The van der Waals surface area contributed by atoms with Crippen molar-refractivity contribution in [2.75, 3.05) is 0 Å². The van der Waals surface area contributed by atoms with Gasteiger partial charge < -0.3 is 5.11 Å².